The summed E-state index contributed by atoms with van der Waals surface area (Å²) in [6.07, 6.45) is 1.14. The summed E-state index contributed by atoms with van der Waals surface area (Å²) < 4.78 is 7.00. The maximum absolute atomic E-state index is 5.92. The van der Waals surface area contributed by atoms with E-state index in [1.807, 2.05) is 12.1 Å². The maximum Gasteiger partial charge on any atom is 0.124 e. The van der Waals surface area contributed by atoms with E-state index in [1.54, 1.807) is 11.3 Å². The molecule has 1 N–H and O–H groups in total. The molecule has 19 heavy (non-hydrogen) atoms. The molecule has 1 aromatic carbocycles. The summed E-state index contributed by atoms with van der Waals surface area (Å²) in [6.45, 7) is 4.67. The van der Waals surface area contributed by atoms with Crippen LogP contribution in [0.4, 0.5) is 0 Å². The van der Waals surface area contributed by atoms with Gasteiger partial charge in [-0.25, -0.2) is 0 Å². The van der Waals surface area contributed by atoms with E-state index in [0.29, 0.717) is 6.61 Å². The first-order valence-corrected chi connectivity index (χ1v) is 8.11. The first kappa shape index (κ1) is 14.6. The van der Waals surface area contributed by atoms with Crippen LogP contribution in [0.25, 0.3) is 0 Å². The molecule has 0 unspecified atom stereocenters. The minimum Gasteiger partial charge on any atom is -0.488 e. The molecule has 2 nitrogen and oxygen atoms in total. The van der Waals surface area contributed by atoms with Crippen molar-refractivity contribution in [3.8, 4) is 5.75 Å². The smallest absolute Gasteiger partial charge is 0.124 e. The number of halogens is 1. The standard InChI is InChI=1S/C15H18BrNOS/c1-2-7-17-10-12-9-13(16)5-6-15(12)18-11-14-4-3-8-19-14/h3-6,8-9,17H,2,7,10-11H2,1H3. The fraction of sp³-hybridized carbons (Fsp3) is 0.333. The lowest BCUT2D eigenvalue weighted by Crippen LogP contribution is -2.14. The molecule has 0 amide bonds. The predicted molar refractivity (Wildman–Crippen MR) is 84.8 cm³/mol. The van der Waals surface area contributed by atoms with Crippen LogP contribution in [-0.4, -0.2) is 6.54 Å². The number of ether oxygens (including phenoxy) is 1. The molecule has 0 saturated heterocycles. The first-order valence-electron chi connectivity index (χ1n) is 6.44. The maximum atomic E-state index is 5.92. The second-order valence-electron chi connectivity index (χ2n) is 4.30. The average Bonchev–Trinajstić information content (AvgIpc) is 2.91. The molecule has 0 aliphatic carbocycles. The Kier molecular flexibility index (Phi) is 5.89. The third-order valence-corrected chi connectivity index (χ3v) is 4.06. The largest absolute Gasteiger partial charge is 0.488 e. The molecular formula is C15H18BrNOS. The van der Waals surface area contributed by atoms with E-state index in [0.717, 1.165) is 29.7 Å². The zero-order chi connectivity index (χ0) is 13.5. The number of hydrogen-bond donors (Lipinski definition) is 1. The number of benzene rings is 1. The second kappa shape index (κ2) is 7.68. The number of hydrogen-bond acceptors (Lipinski definition) is 3. The molecule has 0 aliphatic heterocycles. The zero-order valence-electron chi connectivity index (χ0n) is 11.0. The molecule has 0 radical (unpaired) electrons. The van der Waals surface area contributed by atoms with Gasteiger partial charge in [0, 0.05) is 21.5 Å². The summed E-state index contributed by atoms with van der Waals surface area (Å²) in [6, 6.07) is 10.3. The van der Waals surface area contributed by atoms with Crippen LogP contribution in [0, 0.1) is 0 Å². The summed E-state index contributed by atoms with van der Waals surface area (Å²) in [5.74, 6) is 0.959. The van der Waals surface area contributed by atoms with Crippen LogP contribution in [-0.2, 0) is 13.2 Å². The molecule has 0 atom stereocenters. The highest BCUT2D eigenvalue weighted by atomic mass is 79.9. The monoisotopic (exact) mass is 339 g/mol. The average molecular weight is 340 g/mol. The molecule has 1 aromatic heterocycles. The highest BCUT2D eigenvalue weighted by Gasteiger charge is 2.05. The second-order valence-corrected chi connectivity index (χ2v) is 6.24. The van der Waals surface area contributed by atoms with Crippen LogP contribution in [0.2, 0.25) is 0 Å². The SMILES string of the molecule is CCCNCc1cc(Br)ccc1OCc1cccs1. The van der Waals surface area contributed by atoms with E-state index < -0.39 is 0 Å². The Balaban J connectivity index is 2.01. The van der Waals surface area contributed by atoms with Gasteiger partial charge in [-0.2, -0.15) is 0 Å². The van der Waals surface area contributed by atoms with Crippen LogP contribution in [0.1, 0.15) is 23.8 Å². The first-order chi connectivity index (χ1) is 9.29. The summed E-state index contributed by atoms with van der Waals surface area (Å²) in [4.78, 5) is 1.25. The van der Waals surface area contributed by atoms with Gasteiger partial charge in [-0.05, 0) is 42.6 Å². The van der Waals surface area contributed by atoms with E-state index in [4.69, 9.17) is 4.74 Å². The fourth-order valence-electron chi connectivity index (χ4n) is 1.77. The van der Waals surface area contributed by atoms with Crippen LogP contribution in [0.3, 0.4) is 0 Å². The van der Waals surface area contributed by atoms with Gasteiger partial charge in [0.15, 0.2) is 0 Å². The molecule has 0 bridgehead atoms. The topological polar surface area (TPSA) is 21.3 Å². The normalized spacial score (nSPS) is 10.6. The van der Waals surface area contributed by atoms with Gasteiger partial charge in [-0.3, -0.25) is 0 Å². The Hall–Kier alpha value is -0.840. The molecule has 0 saturated carbocycles. The summed E-state index contributed by atoms with van der Waals surface area (Å²) in [7, 11) is 0. The van der Waals surface area contributed by atoms with Crippen molar-refractivity contribution in [1.82, 2.24) is 5.32 Å². The third-order valence-electron chi connectivity index (χ3n) is 2.71. The van der Waals surface area contributed by atoms with E-state index in [-0.39, 0.29) is 0 Å². The van der Waals surface area contributed by atoms with Crippen molar-refractivity contribution in [2.45, 2.75) is 26.5 Å². The number of thiophene rings is 1. The van der Waals surface area contributed by atoms with Gasteiger partial charge >= 0.3 is 0 Å². The van der Waals surface area contributed by atoms with Crippen molar-refractivity contribution in [3.05, 3.63) is 50.6 Å². The number of nitrogens with one attached hydrogen (secondary N) is 1. The summed E-state index contributed by atoms with van der Waals surface area (Å²) >= 11 is 5.24. The van der Waals surface area contributed by atoms with Crippen molar-refractivity contribution >= 4 is 27.3 Å². The van der Waals surface area contributed by atoms with E-state index in [9.17, 15) is 0 Å². The molecule has 2 rings (SSSR count). The van der Waals surface area contributed by atoms with Gasteiger partial charge in [0.2, 0.25) is 0 Å². The quantitative estimate of drug-likeness (QED) is 0.745. The van der Waals surface area contributed by atoms with Crippen molar-refractivity contribution < 1.29 is 4.74 Å². The molecule has 2 aromatic rings. The van der Waals surface area contributed by atoms with Crippen molar-refractivity contribution in [2.24, 2.45) is 0 Å². The Morgan fingerprint density at radius 3 is 2.95 bits per heavy atom. The Morgan fingerprint density at radius 2 is 2.21 bits per heavy atom. The Morgan fingerprint density at radius 1 is 1.32 bits per heavy atom. The lowest BCUT2D eigenvalue weighted by Gasteiger charge is -2.12. The molecule has 0 fully saturated rings. The predicted octanol–water partition coefficient (Wildman–Crippen LogP) is 4.59. The van der Waals surface area contributed by atoms with E-state index >= 15 is 0 Å². The van der Waals surface area contributed by atoms with E-state index in [1.165, 1.54) is 10.4 Å². The van der Waals surface area contributed by atoms with Gasteiger partial charge in [0.1, 0.15) is 12.4 Å². The minimum atomic E-state index is 0.639. The van der Waals surface area contributed by atoms with Crippen LogP contribution < -0.4 is 10.1 Å². The summed E-state index contributed by atoms with van der Waals surface area (Å²) in [5, 5.41) is 5.49. The van der Waals surface area contributed by atoms with Crippen molar-refractivity contribution in [1.29, 1.82) is 0 Å². The zero-order valence-corrected chi connectivity index (χ0v) is 13.4. The van der Waals surface area contributed by atoms with Gasteiger partial charge in [-0.15, -0.1) is 11.3 Å². The molecule has 1 heterocycles. The lowest BCUT2D eigenvalue weighted by atomic mass is 10.2. The van der Waals surface area contributed by atoms with Crippen molar-refractivity contribution in [3.63, 3.8) is 0 Å². The molecule has 102 valence electrons. The molecule has 0 aliphatic rings. The Labute approximate surface area is 126 Å². The third kappa shape index (κ3) is 4.64. The van der Waals surface area contributed by atoms with Crippen LogP contribution in [0.5, 0.6) is 5.75 Å². The number of rotatable bonds is 7. The highest BCUT2D eigenvalue weighted by Crippen LogP contribution is 2.24. The Bertz CT molecular complexity index is 499. The van der Waals surface area contributed by atoms with Crippen LogP contribution >= 0.6 is 27.3 Å². The van der Waals surface area contributed by atoms with E-state index in [2.05, 4.69) is 51.7 Å². The highest BCUT2D eigenvalue weighted by molar-refractivity contribution is 9.10. The lowest BCUT2D eigenvalue weighted by molar-refractivity contribution is 0.305. The van der Waals surface area contributed by atoms with Gasteiger partial charge < -0.3 is 10.1 Å². The molecular weight excluding hydrogens is 322 g/mol. The molecule has 4 heteroatoms. The fourth-order valence-corrected chi connectivity index (χ4v) is 2.79. The van der Waals surface area contributed by atoms with Gasteiger partial charge in [0.25, 0.3) is 0 Å². The van der Waals surface area contributed by atoms with Crippen molar-refractivity contribution in [2.75, 3.05) is 6.54 Å². The van der Waals surface area contributed by atoms with Gasteiger partial charge in [0.05, 0.1) is 0 Å². The summed E-state index contributed by atoms with van der Waals surface area (Å²) in [5.41, 5.74) is 1.19. The van der Waals surface area contributed by atoms with Crippen LogP contribution in [0.15, 0.2) is 40.2 Å². The van der Waals surface area contributed by atoms with Gasteiger partial charge in [-0.1, -0.05) is 28.9 Å². The molecule has 0 spiro atoms. The minimum absolute atomic E-state index is 0.639.